The summed E-state index contributed by atoms with van der Waals surface area (Å²) in [4.78, 5) is 0. The Morgan fingerprint density at radius 1 is 1.80 bits per heavy atom. The van der Waals surface area contributed by atoms with E-state index in [0.29, 0.717) is 0 Å². The van der Waals surface area contributed by atoms with Crippen molar-refractivity contribution in [1.82, 2.24) is 0 Å². The molecule has 0 aliphatic carbocycles. The van der Waals surface area contributed by atoms with Gasteiger partial charge in [0.2, 0.25) is 0 Å². The Balaban J connectivity index is 0. The monoisotopic (exact) mass is 131 g/mol. The molecule has 0 aromatic carbocycles. The Hall–Kier alpha value is 0.834. The molecule has 0 saturated carbocycles. The topological polar surface area (TPSA) is 20.2 Å². The van der Waals surface area contributed by atoms with E-state index >= 15 is 0 Å². The molecule has 0 aromatic heterocycles. The van der Waals surface area contributed by atoms with E-state index in [9.17, 15) is 0 Å². The summed E-state index contributed by atoms with van der Waals surface area (Å²) in [5.74, 6) is 0. The fraction of sp³-hybridized carbons (Fsp3) is 1.00. The van der Waals surface area contributed by atoms with E-state index in [4.69, 9.17) is 16.7 Å². The van der Waals surface area contributed by atoms with Crippen molar-refractivity contribution >= 4 is 11.6 Å². The Labute approximate surface area is 48.2 Å². The molecule has 0 fully saturated rings. The van der Waals surface area contributed by atoms with Gasteiger partial charge in [0.1, 0.15) is 5.56 Å². The van der Waals surface area contributed by atoms with Crippen LogP contribution in [0.3, 0.4) is 0 Å². The van der Waals surface area contributed by atoms with Crippen LogP contribution in [0.1, 0.15) is 6.92 Å². The molecule has 0 heterocycles. The molecule has 3 heteroatoms. The molecule has 0 rings (SSSR count). The molecule has 0 aromatic rings. The maximum atomic E-state index is 7.82. The number of aliphatic hydroxyl groups excluding tert-OH is 1. The van der Waals surface area contributed by atoms with E-state index in [2.05, 4.69) is 0 Å². The van der Waals surface area contributed by atoms with Crippen LogP contribution in [0, 0.1) is 0 Å². The second kappa shape index (κ2) is 4.83. The van der Waals surface area contributed by atoms with Crippen LogP contribution in [-0.2, 0) is 18.6 Å². The van der Waals surface area contributed by atoms with Crippen molar-refractivity contribution < 1.29 is 23.7 Å². The van der Waals surface area contributed by atoms with Crippen LogP contribution >= 0.6 is 11.6 Å². The fourth-order valence-electron chi connectivity index (χ4n) is 0. The van der Waals surface area contributed by atoms with Crippen molar-refractivity contribution in [3.63, 3.8) is 0 Å². The first kappa shape index (κ1) is 9.27. The first-order chi connectivity index (χ1) is 1.73. The molecule has 0 amide bonds. The minimum absolute atomic E-state index is 0. The number of halogens is 1. The average Bonchev–Trinajstić information content (AvgIpc) is 0.811. The molecule has 0 saturated heterocycles. The Kier molecular flexibility index (Phi) is 8.97. The number of hydrogen-bond donors (Lipinski definition) is 1. The molecule has 1 unspecified atom stereocenters. The summed E-state index contributed by atoms with van der Waals surface area (Å²) >= 11 is 4.83. The maximum absolute atomic E-state index is 7.82. The average molecular weight is 131 g/mol. The van der Waals surface area contributed by atoms with E-state index in [0.717, 1.165) is 0 Å². The van der Waals surface area contributed by atoms with Gasteiger partial charge in [0.15, 0.2) is 0 Å². The van der Waals surface area contributed by atoms with Gasteiger partial charge in [-0.2, -0.15) is 0 Å². The van der Waals surface area contributed by atoms with Crippen molar-refractivity contribution in [2.75, 3.05) is 0 Å². The van der Waals surface area contributed by atoms with Gasteiger partial charge in [0.05, 0.1) is 0 Å². The van der Waals surface area contributed by atoms with E-state index < -0.39 is 5.56 Å². The first-order valence-electron chi connectivity index (χ1n) is 1.05. The summed E-state index contributed by atoms with van der Waals surface area (Å²) in [6, 6.07) is 0. The van der Waals surface area contributed by atoms with Crippen LogP contribution in [0.2, 0.25) is 0 Å². The number of alkyl halides is 1. The van der Waals surface area contributed by atoms with Gasteiger partial charge in [-0.1, -0.05) is 11.6 Å². The third-order valence-electron chi connectivity index (χ3n) is 0. The first-order valence-corrected chi connectivity index (χ1v) is 1.49. The van der Waals surface area contributed by atoms with Crippen LogP contribution in [0.25, 0.3) is 0 Å². The van der Waals surface area contributed by atoms with Gasteiger partial charge in [-0.15, -0.1) is 0 Å². The van der Waals surface area contributed by atoms with E-state index in [1.807, 2.05) is 0 Å². The second-order valence-electron chi connectivity index (χ2n) is 0.574. The van der Waals surface area contributed by atoms with Gasteiger partial charge < -0.3 is 5.11 Å². The molecule has 1 nitrogen and oxygen atoms in total. The van der Waals surface area contributed by atoms with Crippen LogP contribution in [-0.4, -0.2) is 10.7 Å². The van der Waals surface area contributed by atoms with E-state index in [1.165, 1.54) is 6.92 Å². The van der Waals surface area contributed by atoms with Crippen LogP contribution in [0.4, 0.5) is 0 Å². The van der Waals surface area contributed by atoms with Gasteiger partial charge in [-0.3, -0.25) is 0 Å². The van der Waals surface area contributed by atoms with Crippen LogP contribution in [0.15, 0.2) is 0 Å². The summed E-state index contributed by atoms with van der Waals surface area (Å²) in [6.07, 6.45) is 0. The predicted molar refractivity (Wildman–Crippen MR) is 17.5 cm³/mol. The predicted octanol–water partition coefficient (Wildman–Crippen LogP) is 0.561. The number of hydrogen-bond acceptors (Lipinski definition) is 1. The Bertz CT molecular complexity index is 14.4. The minimum Gasteiger partial charge on any atom is -0.378 e. The third kappa shape index (κ3) is 55.8. The van der Waals surface area contributed by atoms with Crippen LogP contribution < -0.4 is 0 Å². The van der Waals surface area contributed by atoms with Gasteiger partial charge in [0, 0.05) is 18.6 Å². The van der Waals surface area contributed by atoms with Gasteiger partial charge in [0.25, 0.3) is 0 Å². The summed E-state index contributed by atoms with van der Waals surface area (Å²) < 4.78 is 0. The zero-order chi connectivity index (χ0) is 3.58. The van der Waals surface area contributed by atoms with Crippen molar-refractivity contribution in [3.8, 4) is 0 Å². The molecule has 0 bridgehead atoms. The molecule has 0 aliphatic rings. The van der Waals surface area contributed by atoms with Gasteiger partial charge >= 0.3 is 0 Å². The van der Waals surface area contributed by atoms with Crippen molar-refractivity contribution in [2.24, 2.45) is 0 Å². The summed E-state index contributed by atoms with van der Waals surface area (Å²) in [6.45, 7) is 1.49. The van der Waals surface area contributed by atoms with Crippen molar-refractivity contribution in [3.05, 3.63) is 0 Å². The van der Waals surface area contributed by atoms with E-state index in [-0.39, 0.29) is 18.6 Å². The van der Waals surface area contributed by atoms with Crippen molar-refractivity contribution in [1.29, 1.82) is 0 Å². The van der Waals surface area contributed by atoms with Crippen molar-refractivity contribution in [2.45, 2.75) is 12.5 Å². The molecular weight excluding hydrogens is 126 g/mol. The fourth-order valence-corrected chi connectivity index (χ4v) is 0. The maximum Gasteiger partial charge on any atom is 0.125 e. The van der Waals surface area contributed by atoms with E-state index in [1.54, 1.807) is 0 Å². The Morgan fingerprint density at radius 3 is 1.80 bits per heavy atom. The molecular formula is C2H5ClOV. The normalized spacial score (nSPS) is 12.6. The molecule has 31 valence electrons. The van der Waals surface area contributed by atoms with Crippen LogP contribution in [0.5, 0.6) is 0 Å². The number of aliphatic hydroxyl groups is 1. The molecule has 0 aliphatic heterocycles. The standard InChI is InChI=1S/C2H5ClO.V/c1-2(3)4;/h2,4H,1H3;. The molecule has 1 atom stereocenters. The van der Waals surface area contributed by atoms with Gasteiger partial charge in [-0.05, 0) is 6.92 Å². The SMILES string of the molecule is CC(O)Cl.[V]. The molecule has 1 radical (unpaired) electrons. The Morgan fingerprint density at radius 2 is 1.80 bits per heavy atom. The summed E-state index contributed by atoms with van der Waals surface area (Å²) in [7, 11) is 0. The number of rotatable bonds is 0. The zero-order valence-corrected chi connectivity index (χ0v) is 5.00. The zero-order valence-electron chi connectivity index (χ0n) is 2.85. The minimum atomic E-state index is -0.694. The molecule has 1 N–H and O–H groups in total. The summed E-state index contributed by atoms with van der Waals surface area (Å²) in [5, 5.41) is 7.82. The summed E-state index contributed by atoms with van der Waals surface area (Å²) in [5.41, 5.74) is -0.694. The van der Waals surface area contributed by atoms with Gasteiger partial charge in [-0.25, -0.2) is 0 Å². The molecule has 0 spiro atoms. The second-order valence-corrected chi connectivity index (χ2v) is 1.21. The largest absolute Gasteiger partial charge is 0.378 e. The molecule has 5 heavy (non-hydrogen) atoms. The smallest absolute Gasteiger partial charge is 0.125 e. The third-order valence-corrected chi connectivity index (χ3v) is 0. The quantitative estimate of drug-likeness (QED) is 0.477.